The van der Waals surface area contributed by atoms with E-state index in [0.717, 1.165) is 17.0 Å². The van der Waals surface area contributed by atoms with Crippen molar-refractivity contribution in [2.75, 3.05) is 11.1 Å². The fourth-order valence-corrected chi connectivity index (χ4v) is 4.11. The average Bonchev–Trinajstić information content (AvgIpc) is 3.44. The molecule has 0 aliphatic heterocycles. The summed E-state index contributed by atoms with van der Waals surface area (Å²) in [5, 5.41) is 12.6. The number of amides is 1. The van der Waals surface area contributed by atoms with Crippen molar-refractivity contribution < 1.29 is 9.21 Å². The van der Waals surface area contributed by atoms with E-state index in [1.54, 1.807) is 12.1 Å². The van der Waals surface area contributed by atoms with Gasteiger partial charge in [-0.25, -0.2) is 4.79 Å². The Balaban J connectivity index is 1.38. The van der Waals surface area contributed by atoms with Crippen LogP contribution in [-0.2, 0) is 11.3 Å². The molecule has 5 aromatic rings. The lowest BCUT2D eigenvalue weighted by atomic mass is 10.2. The summed E-state index contributed by atoms with van der Waals surface area (Å²) in [4.78, 5) is 38.9. The summed E-state index contributed by atoms with van der Waals surface area (Å²) >= 11 is 1.20. The number of nitrogens with zero attached hydrogens (tertiary/aromatic N) is 4. The largest absolute Gasteiger partial charge is 0.467 e. The maximum absolute atomic E-state index is 12.6. The van der Waals surface area contributed by atoms with Crippen LogP contribution in [0.25, 0.3) is 16.6 Å². The summed E-state index contributed by atoms with van der Waals surface area (Å²) in [6.45, 7) is 0.0617. The maximum atomic E-state index is 12.6. The third-order valence-electron chi connectivity index (χ3n) is 4.78. The minimum Gasteiger partial charge on any atom is -0.467 e. The molecule has 4 aromatic heterocycles. The van der Waals surface area contributed by atoms with Crippen molar-refractivity contribution in [1.29, 1.82) is 0 Å². The number of aromatic amines is 1. The van der Waals surface area contributed by atoms with Crippen LogP contribution in [0.4, 0.5) is 5.82 Å². The van der Waals surface area contributed by atoms with Gasteiger partial charge in [-0.2, -0.15) is 0 Å². The molecular formula is C21H16N6O4S. The number of carbonyl (C=O) groups is 1. The van der Waals surface area contributed by atoms with Crippen LogP contribution in [0.3, 0.4) is 0 Å². The summed E-state index contributed by atoms with van der Waals surface area (Å²) < 4.78 is 8.38. The van der Waals surface area contributed by atoms with Gasteiger partial charge in [-0.3, -0.25) is 23.5 Å². The van der Waals surface area contributed by atoms with Crippen molar-refractivity contribution in [2.45, 2.75) is 11.7 Å². The van der Waals surface area contributed by atoms with Gasteiger partial charge in [0.15, 0.2) is 10.8 Å². The lowest BCUT2D eigenvalue weighted by molar-refractivity contribution is -0.113. The van der Waals surface area contributed by atoms with Crippen molar-refractivity contribution in [3.05, 3.63) is 87.5 Å². The number of benzene rings is 1. The second kappa shape index (κ2) is 8.19. The smallest absolute Gasteiger partial charge is 0.330 e. The topological polar surface area (TPSA) is 127 Å². The van der Waals surface area contributed by atoms with Gasteiger partial charge >= 0.3 is 5.69 Å². The number of H-pyrrole nitrogens is 1. The highest BCUT2D eigenvalue weighted by molar-refractivity contribution is 7.99. The number of thioether (sulfide) groups is 1. The molecule has 0 aliphatic rings. The summed E-state index contributed by atoms with van der Waals surface area (Å²) in [6, 6.07) is 16.2. The molecule has 0 saturated heterocycles. The number of pyridine rings is 1. The molecule has 160 valence electrons. The van der Waals surface area contributed by atoms with E-state index < -0.39 is 17.2 Å². The third-order valence-corrected chi connectivity index (χ3v) is 5.70. The van der Waals surface area contributed by atoms with E-state index in [2.05, 4.69) is 20.5 Å². The SMILES string of the molecule is O=C(CSc1nnc2ccc3ccccc3n12)Nc1cc(=O)[nH]c(=O)n1Cc1ccco1. The molecule has 0 radical (unpaired) electrons. The van der Waals surface area contributed by atoms with Crippen LogP contribution in [0.5, 0.6) is 0 Å². The molecule has 2 N–H and O–H groups in total. The molecule has 0 saturated carbocycles. The van der Waals surface area contributed by atoms with E-state index in [1.165, 1.54) is 22.6 Å². The zero-order chi connectivity index (χ0) is 22.1. The highest BCUT2D eigenvalue weighted by Crippen LogP contribution is 2.23. The average molecular weight is 448 g/mol. The van der Waals surface area contributed by atoms with Crippen molar-refractivity contribution in [3.63, 3.8) is 0 Å². The van der Waals surface area contributed by atoms with E-state index in [0.29, 0.717) is 16.6 Å². The summed E-state index contributed by atoms with van der Waals surface area (Å²) in [7, 11) is 0. The second-order valence-electron chi connectivity index (χ2n) is 6.89. The Bertz CT molecular complexity index is 1550. The Hall–Kier alpha value is -4.12. The van der Waals surface area contributed by atoms with E-state index in [1.807, 2.05) is 40.8 Å². The standard InChI is InChI=1S/C21H16N6O4S/c28-18-10-17(26(20(30)23-18)11-14-5-3-9-31-14)22-19(29)12-32-21-25-24-16-8-7-13-4-1-2-6-15(13)27(16)21/h1-10H,11-12H2,(H,22,29)(H,23,28,30). The first-order valence-corrected chi connectivity index (χ1v) is 10.6. The summed E-state index contributed by atoms with van der Waals surface area (Å²) in [5.74, 6) is 0.194. The molecule has 4 heterocycles. The number of carbonyl (C=O) groups excluding carboxylic acids is 1. The first-order valence-electron chi connectivity index (χ1n) is 9.60. The van der Waals surface area contributed by atoms with Gasteiger partial charge in [0.2, 0.25) is 5.91 Å². The van der Waals surface area contributed by atoms with E-state index in [-0.39, 0.29) is 18.1 Å². The first kappa shape index (κ1) is 19.8. The van der Waals surface area contributed by atoms with Gasteiger partial charge < -0.3 is 9.73 Å². The van der Waals surface area contributed by atoms with Crippen LogP contribution in [0, 0.1) is 0 Å². The molecule has 32 heavy (non-hydrogen) atoms. The second-order valence-corrected chi connectivity index (χ2v) is 7.84. The number of aromatic nitrogens is 5. The van der Waals surface area contributed by atoms with Gasteiger partial charge in [0.25, 0.3) is 5.56 Å². The van der Waals surface area contributed by atoms with E-state index in [9.17, 15) is 14.4 Å². The summed E-state index contributed by atoms with van der Waals surface area (Å²) in [6.07, 6.45) is 1.48. The van der Waals surface area contributed by atoms with Crippen molar-refractivity contribution >= 4 is 40.0 Å². The predicted octanol–water partition coefficient (Wildman–Crippen LogP) is 2.10. The number of rotatable bonds is 6. The minimum atomic E-state index is -0.647. The fourth-order valence-electron chi connectivity index (χ4n) is 3.35. The Kier molecular flexibility index (Phi) is 5.07. The Morgan fingerprint density at radius 2 is 1.97 bits per heavy atom. The number of fused-ring (bicyclic) bond motifs is 3. The molecule has 1 aromatic carbocycles. The molecular weight excluding hydrogens is 432 g/mol. The molecule has 0 aliphatic carbocycles. The zero-order valence-corrected chi connectivity index (χ0v) is 17.3. The number of para-hydroxylation sites is 1. The van der Waals surface area contributed by atoms with Gasteiger partial charge in [0.05, 0.1) is 24.1 Å². The summed E-state index contributed by atoms with van der Waals surface area (Å²) in [5.41, 5.74) is 0.351. The highest BCUT2D eigenvalue weighted by Gasteiger charge is 2.14. The van der Waals surface area contributed by atoms with Crippen molar-refractivity contribution in [1.82, 2.24) is 24.1 Å². The molecule has 0 bridgehead atoms. The van der Waals surface area contributed by atoms with Gasteiger partial charge in [-0.15, -0.1) is 10.2 Å². The molecule has 0 atom stereocenters. The fraction of sp³-hybridized carbons (Fsp3) is 0.0952. The predicted molar refractivity (Wildman–Crippen MR) is 119 cm³/mol. The monoisotopic (exact) mass is 448 g/mol. The molecule has 0 fully saturated rings. The highest BCUT2D eigenvalue weighted by atomic mass is 32.2. The van der Waals surface area contributed by atoms with Crippen molar-refractivity contribution in [2.24, 2.45) is 0 Å². The Morgan fingerprint density at radius 1 is 1.09 bits per heavy atom. The van der Waals surface area contributed by atoms with Gasteiger partial charge in [0, 0.05) is 6.07 Å². The Morgan fingerprint density at radius 3 is 2.81 bits per heavy atom. The van der Waals surface area contributed by atoms with E-state index in [4.69, 9.17) is 4.42 Å². The molecule has 0 unspecified atom stereocenters. The maximum Gasteiger partial charge on any atom is 0.330 e. The van der Waals surface area contributed by atoms with Crippen LogP contribution < -0.4 is 16.6 Å². The van der Waals surface area contributed by atoms with Crippen LogP contribution in [-0.4, -0.2) is 35.8 Å². The van der Waals surface area contributed by atoms with Crippen LogP contribution in [0.2, 0.25) is 0 Å². The number of furan rings is 1. The molecule has 5 rings (SSSR count). The van der Waals surface area contributed by atoms with Crippen LogP contribution in [0.15, 0.2) is 80.0 Å². The number of hydrogen-bond donors (Lipinski definition) is 2. The first-order chi connectivity index (χ1) is 15.6. The van der Waals surface area contributed by atoms with E-state index >= 15 is 0 Å². The van der Waals surface area contributed by atoms with Gasteiger partial charge in [0.1, 0.15) is 11.6 Å². The lowest BCUT2D eigenvalue weighted by Crippen LogP contribution is -2.33. The van der Waals surface area contributed by atoms with Gasteiger partial charge in [-0.05, 0) is 35.7 Å². The quantitative estimate of drug-likeness (QED) is 0.381. The van der Waals surface area contributed by atoms with Crippen LogP contribution >= 0.6 is 11.8 Å². The normalized spacial score (nSPS) is 11.2. The molecule has 11 heteroatoms. The van der Waals surface area contributed by atoms with Crippen molar-refractivity contribution in [3.8, 4) is 0 Å². The Labute approximate surface area is 183 Å². The molecule has 1 amide bonds. The van der Waals surface area contributed by atoms with Crippen LogP contribution in [0.1, 0.15) is 5.76 Å². The number of hydrogen-bond acceptors (Lipinski definition) is 7. The number of anilines is 1. The number of nitrogens with one attached hydrogen (secondary N) is 2. The third kappa shape index (κ3) is 3.81. The molecule has 10 nitrogen and oxygen atoms in total. The minimum absolute atomic E-state index is 0.00571. The van der Waals surface area contributed by atoms with Gasteiger partial charge in [-0.1, -0.05) is 30.0 Å². The lowest BCUT2D eigenvalue weighted by Gasteiger charge is -2.11. The zero-order valence-electron chi connectivity index (χ0n) is 16.5. The molecule has 0 spiro atoms.